The summed E-state index contributed by atoms with van der Waals surface area (Å²) in [6, 6.07) is 0. The van der Waals surface area contributed by atoms with Crippen LogP contribution in [-0.2, 0) is 0 Å². The molecule has 0 bridgehead atoms. The molecular weight excluding hydrogens is 188 g/mol. The van der Waals surface area contributed by atoms with Gasteiger partial charge in [-0.1, -0.05) is 27.7 Å². The molecule has 1 atom stereocenters. The molecule has 3 heteroatoms. The molecule has 0 amide bonds. The van der Waals surface area contributed by atoms with E-state index in [9.17, 15) is 5.11 Å². The topological polar surface area (TPSA) is 35.5 Å². The Bertz CT molecular complexity index is 140. The summed E-state index contributed by atoms with van der Waals surface area (Å²) in [4.78, 5) is 2.29. The van der Waals surface area contributed by atoms with Gasteiger partial charge in [0.1, 0.15) is 0 Å². The summed E-state index contributed by atoms with van der Waals surface area (Å²) >= 11 is 0. The van der Waals surface area contributed by atoms with Crippen LogP contribution in [0, 0.1) is 5.92 Å². The highest BCUT2D eigenvalue weighted by molar-refractivity contribution is 4.66. The van der Waals surface area contributed by atoms with E-state index in [2.05, 4.69) is 37.9 Å². The molecular formula is C12H28N2O. The summed E-state index contributed by atoms with van der Waals surface area (Å²) in [5.74, 6) is 0.648. The molecule has 0 aliphatic heterocycles. The van der Waals surface area contributed by atoms with Crippen LogP contribution < -0.4 is 5.32 Å². The van der Waals surface area contributed by atoms with Crippen molar-refractivity contribution in [2.75, 3.05) is 32.7 Å². The molecule has 0 saturated heterocycles. The van der Waals surface area contributed by atoms with Crippen LogP contribution in [-0.4, -0.2) is 48.8 Å². The number of nitrogens with one attached hydrogen (secondary N) is 1. The molecule has 1 unspecified atom stereocenters. The van der Waals surface area contributed by atoms with Gasteiger partial charge in [-0.3, -0.25) is 0 Å². The second-order valence-electron chi connectivity index (χ2n) is 4.60. The van der Waals surface area contributed by atoms with Crippen LogP contribution in [0.4, 0.5) is 0 Å². The molecule has 0 aromatic carbocycles. The van der Waals surface area contributed by atoms with E-state index < -0.39 is 0 Å². The van der Waals surface area contributed by atoms with E-state index >= 15 is 0 Å². The average Bonchev–Trinajstić information content (AvgIpc) is 2.16. The first-order valence-electron chi connectivity index (χ1n) is 6.21. The number of nitrogens with zero attached hydrogens (tertiary/aromatic N) is 1. The lowest BCUT2D eigenvalue weighted by Crippen LogP contribution is -2.39. The summed E-state index contributed by atoms with van der Waals surface area (Å²) in [6.07, 6.45) is 0.912. The van der Waals surface area contributed by atoms with Crippen LogP contribution in [0.5, 0.6) is 0 Å². The fourth-order valence-corrected chi connectivity index (χ4v) is 1.60. The number of aliphatic hydroxyl groups excluding tert-OH is 1. The van der Waals surface area contributed by atoms with Crippen LogP contribution in [0.3, 0.4) is 0 Å². The molecule has 0 fully saturated rings. The number of rotatable bonds is 9. The van der Waals surface area contributed by atoms with Gasteiger partial charge in [0.05, 0.1) is 6.10 Å². The Hall–Kier alpha value is -0.120. The molecule has 15 heavy (non-hydrogen) atoms. The van der Waals surface area contributed by atoms with Crippen LogP contribution in [0.15, 0.2) is 0 Å². The highest BCUT2D eigenvalue weighted by Gasteiger charge is 2.09. The smallest absolute Gasteiger partial charge is 0.0791 e. The molecule has 2 N–H and O–H groups in total. The molecule has 0 rings (SSSR count). The van der Waals surface area contributed by atoms with Gasteiger partial charge in [-0.15, -0.1) is 0 Å². The van der Waals surface area contributed by atoms with E-state index in [0.717, 1.165) is 32.6 Å². The van der Waals surface area contributed by atoms with Crippen molar-refractivity contribution in [1.82, 2.24) is 10.2 Å². The molecule has 0 radical (unpaired) electrons. The molecule has 0 aromatic rings. The van der Waals surface area contributed by atoms with E-state index in [1.165, 1.54) is 0 Å². The number of hydrogen-bond donors (Lipinski definition) is 2. The first-order valence-corrected chi connectivity index (χ1v) is 6.21. The normalized spacial score (nSPS) is 13.8. The van der Waals surface area contributed by atoms with Crippen molar-refractivity contribution in [2.24, 2.45) is 5.92 Å². The lowest BCUT2D eigenvalue weighted by Gasteiger charge is -2.23. The first-order chi connectivity index (χ1) is 7.10. The van der Waals surface area contributed by atoms with E-state index in [-0.39, 0.29) is 6.10 Å². The lowest BCUT2D eigenvalue weighted by atomic mass is 10.2. The summed E-state index contributed by atoms with van der Waals surface area (Å²) < 4.78 is 0. The first kappa shape index (κ1) is 14.9. The second-order valence-corrected chi connectivity index (χ2v) is 4.60. The van der Waals surface area contributed by atoms with Crippen molar-refractivity contribution in [1.29, 1.82) is 0 Å². The number of aliphatic hydroxyl groups is 1. The van der Waals surface area contributed by atoms with Gasteiger partial charge in [-0.05, 0) is 32.0 Å². The molecule has 0 heterocycles. The Kier molecular flexibility index (Phi) is 9.06. The molecule has 0 aliphatic rings. The van der Waals surface area contributed by atoms with Gasteiger partial charge >= 0.3 is 0 Å². The molecule has 3 nitrogen and oxygen atoms in total. The minimum absolute atomic E-state index is 0.241. The maximum Gasteiger partial charge on any atom is 0.0791 e. The predicted molar refractivity (Wildman–Crippen MR) is 66.1 cm³/mol. The van der Waals surface area contributed by atoms with Gasteiger partial charge in [0.25, 0.3) is 0 Å². The van der Waals surface area contributed by atoms with Crippen molar-refractivity contribution in [3.63, 3.8) is 0 Å². The maximum atomic E-state index is 9.79. The molecule has 0 saturated carbocycles. The van der Waals surface area contributed by atoms with Crippen LogP contribution in [0.2, 0.25) is 0 Å². The van der Waals surface area contributed by atoms with Gasteiger partial charge in [-0.2, -0.15) is 0 Å². The maximum absolute atomic E-state index is 9.79. The zero-order valence-electron chi connectivity index (χ0n) is 10.8. The third kappa shape index (κ3) is 8.85. The van der Waals surface area contributed by atoms with Crippen LogP contribution in [0.1, 0.15) is 34.1 Å². The fourth-order valence-electron chi connectivity index (χ4n) is 1.60. The van der Waals surface area contributed by atoms with Crippen LogP contribution in [0.25, 0.3) is 0 Å². The lowest BCUT2D eigenvalue weighted by molar-refractivity contribution is 0.113. The fraction of sp³-hybridized carbons (Fsp3) is 1.00. The highest BCUT2D eigenvalue weighted by atomic mass is 16.3. The zero-order valence-corrected chi connectivity index (χ0v) is 10.8. The van der Waals surface area contributed by atoms with Crippen molar-refractivity contribution in [3.05, 3.63) is 0 Å². The third-order valence-corrected chi connectivity index (χ3v) is 2.39. The van der Waals surface area contributed by atoms with Gasteiger partial charge in [-0.25, -0.2) is 0 Å². The Balaban J connectivity index is 3.56. The summed E-state index contributed by atoms with van der Waals surface area (Å²) in [6.45, 7) is 13.2. The summed E-state index contributed by atoms with van der Waals surface area (Å²) in [5.41, 5.74) is 0. The summed E-state index contributed by atoms with van der Waals surface area (Å²) in [5, 5.41) is 13.1. The minimum Gasteiger partial charge on any atom is -0.390 e. The summed E-state index contributed by atoms with van der Waals surface area (Å²) in [7, 11) is 0. The van der Waals surface area contributed by atoms with Gasteiger partial charge < -0.3 is 15.3 Å². The molecule has 0 aromatic heterocycles. The number of likely N-dealkylation sites (N-methyl/N-ethyl adjacent to an activating group) is 1. The van der Waals surface area contributed by atoms with Crippen LogP contribution >= 0.6 is 0 Å². The van der Waals surface area contributed by atoms with E-state index in [0.29, 0.717) is 12.5 Å². The van der Waals surface area contributed by atoms with E-state index in [1.807, 2.05) is 0 Å². The highest BCUT2D eigenvalue weighted by Crippen LogP contribution is 1.94. The van der Waals surface area contributed by atoms with E-state index in [1.54, 1.807) is 0 Å². The minimum atomic E-state index is -0.241. The van der Waals surface area contributed by atoms with Crippen molar-refractivity contribution in [3.8, 4) is 0 Å². The Labute approximate surface area is 94.9 Å². The monoisotopic (exact) mass is 216 g/mol. The Morgan fingerprint density at radius 1 is 1.20 bits per heavy atom. The van der Waals surface area contributed by atoms with Crippen molar-refractivity contribution in [2.45, 2.75) is 40.2 Å². The standard InChI is InChI=1S/C12H28N2O/c1-5-7-14(6-2)10-12(15)9-13-8-11(3)4/h11-13,15H,5-10H2,1-4H3. The van der Waals surface area contributed by atoms with Gasteiger partial charge in [0.15, 0.2) is 0 Å². The zero-order chi connectivity index (χ0) is 11.7. The molecule has 92 valence electrons. The van der Waals surface area contributed by atoms with Gasteiger partial charge in [0, 0.05) is 13.1 Å². The molecule has 0 aliphatic carbocycles. The molecule has 0 spiro atoms. The largest absolute Gasteiger partial charge is 0.390 e. The quantitative estimate of drug-likeness (QED) is 0.610. The Morgan fingerprint density at radius 2 is 1.87 bits per heavy atom. The third-order valence-electron chi connectivity index (χ3n) is 2.39. The Morgan fingerprint density at radius 3 is 2.33 bits per heavy atom. The number of hydrogen-bond acceptors (Lipinski definition) is 3. The van der Waals surface area contributed by atoms with Crippen molar-refractivity contribution < 1.29 is 5.11 Å². The van der Waals surface area contributed by atoms with Gasteiger partial charge in [0.2, 0.25) is 0 Å². The average molecular weight is 216 g/mol. The predicted octanol–water partition coefficient (Wildman–Crippen LogP) is 1.32. The van der Waals surface area contributed by atoms with E-state index in [4.69, 9.17) is 0 Å². The second kappa shape index (κ2) is 9.13. The SMILES string of the molecule is CCCN(CC)CC(O)CNCC(C)C. The van der Waals surface area contributed by atoms with Crippen molar-refractivity contribution >= 4 is 0 Å².